The van der Waals surface area contributed by atoms with Gasteiger partial charge in [-0.1, -0.05) is 18.2 Å². The second-order valence-electron chi connectivity index (χ2n) is 7.90. The highest BCUT2D eigenvalue weighted by Gasteiger charge is 2.30. The van der Waals surface area contributed by atoms with Crippen LogP contribution in [-0.2, 0) is 10.0 Å². The van der Waals surface area contributed by atoms with Crippen molar-refractivity contribution in [2.24, 2.45) is 5.73 Å². The molecule has 4 aromatic rings. The number of nitrogens with two attached hydrogens (primary N) is 1. The molecule has 1 aliphatic carbocycles. The number of aromatic nitrogens is 4. The zero-order valence-electron chi connectivity index (χ0n) is 16.5. The molecule has 30 heavy (non-hydrogen) atoms. The molecule has 0 amide bonds. The van der Waals surface area contributed by atoms with Crippen molar-refractivity contribution in [2.45, 2.75) is 49.3 Å². The van der Waals surface area contributed by atoms with Crippen LogP contribution in [0.15, 0.2) is 53.7 Å². The Balaban J connectivity index is 1.77. The van der Waals surface area contributed by atoms with E-state index < -0.39 is 16.1 Å². The van der Waals surface area contributed by atoms with Crippen molar-refractivity contribution in [3.63, 3.8) is 0 Å². The summed E-state index contributed by atoms with van der Waals surface area (Å²) in [5.41, 5.74) is 7.91. The van der Waals surface area contributed by atoms with Crippen LogP contribution in [0.1, 0.15) is 44.2 Å². The van der Waals surface area contributed by atoms with E-state index in [9.17, 15) is 13.5 Å². The van der Waals surface area contributed by atoms with E-state index in [1.165, 1.54) is 10.2 Å². The van der Waals surface area contributed by atoms with E-state index in [0.29, 0.717) is 22.4 Å². The van der Waals surface area contributed by atoms with Gasteiger partial charge in [-0.05, 0) is 44.4 Å². The molecule has 0 unspecified atom stereocenters. The summed E-state index contributed by atoms with van der Waals surface area (Å²) >= 11 is 0. The minimum Gasteiger partial charge on any atom is -0.385 e. The van der Waals surface area contributed by atoms with Gasteiger partial charge in [0.2, 0.25) is 0 Å². The van der Waals surface area contributed by atoms with Crippen LogP contribution in [0.25, 0.3) is 22.1 Å². The first-order valence-electron chi connectivity index (χ1n) is 10.00. The maximum atomic E-state index is 13.2. The fraction of sp³-hybridized carbons (Fsp3) is 0.333. The van der Waals surface area contributed by atoms with Gasteiger partial charge in [0.1, 0.15) is 17.4 Å². The van der Waals surface area contributed by atoms with Crippen LogP contribution >= 0.6 is 0 Å². The molecule has 3 atom stereocenters. The molecule has 8 nitrogen and oxygen atoms in total. The van der Waals surface area contributed by atoms with Gasteiger partial charge in [0.15, 0.2) is 5.65 Å². The van der Waals surface area contributed by atoms with E-state index in [1.807, 2.05) is 4.57 Å². The maximum Gasteiger partial charge on any atom is 0.269 e. The third-order valence-electron chi connectivity index (χ3n) is 5.84. The predicted octanol–water partition coefficient (Wildman–Crippen LogP) is 2.73. The smallest absolute Gasteiger partial charge is 0.269 e. The second-order valence-corrected chi connectivity index (χ2v) is 9.72. The third-order valence-corrected chi connectivity index (χ3v) is 7.52. The molecule has 156 valence electrons. The molecule has 1 aliphatic rings. The summed E-state index contributed by atoms with van der Waals surface area (Å²) in [7, 11) is -3.79. The first-order chi connectivity index (χ1) is 14.4. The molecule has 3 aromatic heterocycles. The zero-order valence-corrected chi connectivity index (χ0v) is 17.3. The molecule has 1 saturated carbocycles. The van der Waals surface area contributed by atoms with Crippen LogP contribution in [-0.4, -0.2) is 38.1 Å². The summed E-state index contributed by atoms with van der Waals surface area (Å²) in [5, 5.41) is 11.0. The van der Waals surface area contributed by atoms with Crippen LogP contribution in [0.2, 0.25) is 0 Å². The first-order valence-corrected chi connectivity index (χ1v) is 11.4. The van der Waals surface area contributed by atoms with Gasteiger partial charge in [-0.3, -0.25) is 0 Å². The maximum absolute atomic E-state index is 13.2. The number of nitrogens with zero attached hydrogens (tertiary/aromatic N) is 4. The minimum atomic E-state index is -3.79. The SMILES string of the molecule is C[C@@H](O)c1nc2cnc3c(ccn3S(=O)(=O)c3ccccc3)c2n1[C@H]1CC[C@H](N)C1. The van der Waals surface area contributed by atoms with Crippen LogP contribution in [0.3, 0.4) is 0 Å². The molecule has 0 saturated heterocycles. The average Bonchev–Trinajstić information content (AvgIpc) is 3.43. The highest BCUT2D eigenvalue weighted by atomic mass is 32.2. The molecule has 5 rings (SSSR count). The van der Waals surface area contributed by atoms with Gasteiger partial charge in [-0.15, -0.1) is 0 Å². The first kappa shape index (κ1) is 19.2. The molecule has 3 heterocycles. The van der Waals surface area contributed by atoms with Crippen LogP contribution in [0.4, 0.5) is 0 Å². The van der Waals surface area contributed by atoms with Gasteiger partial charge in [0.05, 0.1) is 16.6 Å². The van der Waals surface area contributed by atoms with Crippen molar-refractivity contribution in [1.29, 1.82) is 0 Å². The van der Waals surface area contributed by atoms with E-state index in [4.69, 9.17) is 5.73 Å². The third kappa shape index (κ3) is 2.84. The van der Waals surface area contributed by atoms with Crippen LogP contribution in [0, 0.1) is 0 Å². The Bertz CT molecular complexity index is 1340. The Morgan fingerprint density at radius 2 is 1.97 bits per heavy atom. The molecular weight excluding hydrogens is 402 g/mol. The minimum absolute atomic E-state index is 0.106. The van der Waals surface area contributed by atoms with Crippen molar-refractivity contribution < 1.29 is 13.5 Å². The van der Waals surface area contributed by atoms with Crippen molar-refractivity contribution in [2.75, 3.05) is 0 Å². The van der Waals surface area contributed by atoms with Crippen molar-refractivity contribution >= 4 is 32.1 Å². The zero-order chi connectivity index (χ0) is 21.0. The lowest BCUT2D eigenvalue weighted by Gasteiger charge is -2.18. The lowest BCUT2D eigenvalue weighted by atomic mass is 10.2. The highest BCUT2D eigenvalue weighted by Crippen LogP contribution is 2.37. The highest BCUT2D eigenvalue weighted by molar-refractivity contribution is 7.90. The van der Waals surface area contributed by atoms with Gasteiger partial charge < -0.3 is 15.4 Å². The van der Waals surface area contributed by atoms with Gasteiger partial charge >= 0.3 is 0 Å². The normalized spacial score (nSPS) is 20.9. The molecule has 0 bridgehead atoms. The van der Waals surface area contributed by atoms with Gasteiger partial charge in [-0.2, -0.15) is 0 Å². The Morgan fingerprint density at radius 1 is 1.20 bits per heavy atom. The lowest BCUT2D eigenvalue weighted by molar-refractivity contribution is 0.181. The molecule has 1 aromatic carbocycles. The van der Waals surface area contributed by atoms with E-state index >= 15 is 0 Å². The van der Waals surface area contributed by atoms with Gasteiger partial charge in [-0.25, -0.2) is 22.4 Å². The number of aliphatic hydroxyl groups excluding tert-OH is 1. The molecule has 9 heteroatoms. The summed E-state index contributed by atoms with van der Waals surface area (Å²) in [6, 6.07) is 10.3. The summed E-state index contributed by atoms with van der Waals surface area (Å²) in [4.78, 5) is 9.23. The van der Waals surface area contributed by atoms with Crippen molar-refractivity contribution in [3.8, 4) is 0 Å². The molecule has 0 spiro atoms. The summed E-state index contributed by atoms with van der Waals surface area (Å²) in [6.07, 6.45) is 4.92. The molecule has 0 aliphatic heterocycles. The van der Waals surface area contributed by atoms with Crippen molar-refractivity contribution in [1.82, 2.24) is 18.5 Å². The molecule has 3 N–H and O–H groups in total. The topological polar surface area (TPSA) is 116 Å². The number of pyridine rings is 1. The van der Waals surface area contributed by atoms with E-state index in [1.54, 1.807) is 49.5 Å². The Morgan fingerprint density at radius 3 is 2.63 bits per heavy atom. The monoisotopic (exact) mass is 425 g/mol. The molecule has 1 fully saturated rings. The second kappa shape index (κ2) is 6.90. The largest absolute Gasteiger partial charge is 0.385 e. The van der Waals surface area contributed by atoms with Crippen LogP contribution < -0.4 is 5.73 Å². The Hall–Kier alpha value is -2.75. The number of hydrogen-bond donors (Lipinski definition) is 2. The number of fused-ring (bicyclic) bond motifs is 3. The van der Waals surface area contributed by atoms with Crippen molar-refractivity contribution in [3.05, 3.63) is 54.6 Å². The Kier molecular flexibility index (Phi) is 4.42. The Labute approximate surface area is 174 Å². The summed E-state index contributed by atoms with van der Waals surface area (Å²) in [6.45, 7) is 1.68. The lowest BCUT2D eigenvalue weighted by Crippen LogP contribution is -2.17. The number of hydrogen-bond acceptors (Lipinski definition) is 6. The fourth-order valence-electron chi connectivity index (χ4n) is 4.46. The summed E-state index contributed by atoms with van der Waals surface area (Å²) in [5.74, 6) is 0.553. The number of rotatable bonds is 4. The van der Waals surface area contributed by atoms with Gasteiger partial charge in [0, 0.05) is 23.7 Å². The number of imidazole rings is 1. The standard InChI is InChI=1S/C21H23N5O3S/c1-13(27)20-24-18-12-23-21-17(19(18)26(20)15-8-7-14(22)11-15)9-10-25(21)30(28,29)16-5-3-2-4-6-16/h2-6,9-10,12-15,27H,7-8,11,22H2,1H3/t13-,14+,15+/m1/s1. The van der Waals surface area contributed by atoms with E-state index in [-0.39, 0.29) is 17.0 Å². The van der Waals surface area contributed by atoms with Crippen LogP contribution in [0.5, 0.6) is 0 Å². The molecule has 0 radical (unpaired) electrons. The number of benzene rings is 1. The fourth-order valence-corrected chi connectivity index (χ4v) is 5.78. The average molecular weight is 426 g/mol. The van der Waals surface area contributed by atoms with E-state index in [0.717, 1.165) is 24.8 Å². The summed E-state index contributed by atoms with van der Waals surface area (Å²) < 4.78 is 29.6. The van der Waals surface area contributed by atoms with Gasteiger partial charge in [0.25, 0.3) is 10.0 Å². The number of aliphatic hydroxyl groups is 1. The van der Waals surface area contributed by atoms with E-state index in [2.05, 4.69) is 9.97 Å². The quantitative estimate of drug-likeness (QED) is 0.519. The molecular formula is C21H23N5O3S. The predicted molar refractivity (Wildman–Crippen MR) is 114 cm³/mol.